The van der Waals surface area contributed by atoms with Gasteiger partial charge in [0.05, 0.1) is 11.9 Å². The van der Waals surface area contributed by atoms with Gasteiger partial charge in [-0.3, -0.25) is 13.9 Å². The van der Waals surface area contributed by atoms with Gasteiger partial charge in [-0.1, -0.05) is 71.2 Å². The molecule has 41 heavy (non-hydrogen) atoms. The van der Waals surface area contributed by atoms with Crippen LogP contribution in [0, 0.1) is 6.92 Å². The Bertz CT molecular complexity index is 1510. The molecule has 220 valence electrons. The number of sulfonamides is 1. The minimum Gasteiger partial charge on any atom is -0.350 e. The van der Waals surface area contributed by atoms with Crippen molar-refractivity contribution in [2.24, 2.45) is 0 Å². The highest BCUT2D eigenvalue weighted by Gasteiger charge is 2.35. The zero-order chi connectivity index (χ0) is 30.5. The van der Waals surface area contributed by atoms with Crippen LogP contribution in [0.2, 0.25) is 15.1 Å². The first-order valence-electron chi connectivity index (χ1n) is 12.9. The van der Waals surface area contributed by atoms with E-state index < -0.39 is 34.1 Å². The summed E-state index contributed by atoms with van der Waals surface area (Å²) in [4.78, 5) is 29.3. The molecule has 0 aromatic heterocycles. The van der Waals surface area contributed by atoms with Crippen molar-refractivity contribution in [1.82, 2.24) is 10.2 Å². The standard InChI is InChI=1S/C30H34Cl3N3O4S/c1-20-15-23(31)13-14-26(20)36(41(5,39)40)19-28(37)35(18-22-11-12-24(32)17-25(22)33)27(29(38)34-30(2,3)4)16-21-9-7-6-8-10-21/h6-15,17,27H,16,18-19H2,1-5H3,(H,34,38)/t27-/m1/s1. The van der Waals surface area contributed by atoms with Gasteiger partial charge in [-0.2, -0.15) is 0 Å². The normalized spacial score (nSPS) is 12.5. The molecule has 1 atom stereocenters. The fourth-order valence-corrected chi connectivity index (χ4v) is 5.94. The predicted molar refractivity (Wildman–Crippen MR) is 167 cm³/mol. The van der Waals surface area contributed by atoms with E-state index in [1.165, 1.54) is 4.90 Å². The molecule has 3 rings (SSSR count). The second kappa shape index (κ2) is 13.5. The Morgan fingerprint density at radius 3 is 2.10 bits per heavy atom. The molecule has 0 saturated heterocycles. The van der Waals surface area contributed by atoms with Crippen molar-refractivity contribution < 1.29 is 18.0 Å². The van der Waals surface area contributed by atoms with Gasteiger partial charge in [0, 0.05) is 33.6 Å². The molecule has 0 radical (unpaired) electrons. The molecule has 2 amide bonds. The van der Waals surface area contributed by atoms with Gasteiger partial charge in [-0.15, -0.1) is 0 Å². The third kappa shape index (κ3) is 9.36. The van der Waals surface area contributed by atoms with Gasteiger partial charge in [0.25, 0.3) is 0 Å². The maximum Gasteiger partial charge on any atom is 0.244 e. The number of benzene rings is 3. The van der Waals surface area contributed by atoms with Crippen molar-refractivity contribution in [1.29, 1.82) is 0 Å². The Labute approximate surface area is 257 Å². The molecule has 0 aliphatic heterocycles. The molecular weight excluding hydrogens is 605 g/mol. The molecule has 1 N–H and O–H groups in total. The van der Waals surface area contributed by atoms with Crippen LogP contribution < -0.4 is 9.62 Å². The summed E-state index contributed by atoms with van der Waals surface area (Å²) in [5.74, 6) is -0.964. The highest BCUT2D eigenvalue weighted by atomic mass is 35.5. The Morgan fingerprint density at radius 1 is 0.927 bits per heavy atom. The first-order chi connectivity index (χ1) is 19.0. The van der Waals surface area contributed by atoms with Crippen molar-refractivity contribution in [3.63, 3.8) is 0 Å². The Morgan fingerprint density at radius 2 is 1.54 bits per heavy atom. The third-order valence-electron chi connectivity index (χ3n) is 6.23. The zero-order valence-corrected chi connectivity index (χ0v) is 26.7. The molecule has 0 spiro atoms. The average molecular weight is 639 g/mol. The van der Waals surface area contributed by atoms with Gasteiger partial charge in [0.2, 0.25) is 21.8 Å². The number of halogens is 3. The summed E-state index contributed by atoms with van der Waals surface area (Å²) in [7, 11) is -3.90. The molecule has 0 saturated carbocycles. The number of hydrogen-bond acceptors (Lipinski definition) is 4. The summed E-state index contributed by atoms with van der Waals surface area (Å²) in [6.07, 6.45) is 1.22. The highest BCUT2D eigenvalue weighted by molar-refractivity contribution is 7.92. The van der Waals surface area contributed by atoms with Gasteiger partial charge in [-0.05, 0) is 74.7 Å². The molecule has 0 unspecified atom stereocenters. The maximum absolute atomic E-state index is 14.2. The lowest BCUT2D eigenvalue weighted by molar-refractivity contribution is -0.140. The lowest BCUT2D eigenvalue weighted by Gasteiger charge is -2.35. The Kier molecular flexibility index (Phi) is 10.7. The fourth-order valence-electron chi connectivity index (χ4n) is 4.33. The lowest BCUT2D eigenvalue weighted by Crippen LogP contribution is -2.56. The molecule has 0 heterocycles. The number of nitrogens with zero attached hydrogens (tertiary/aromatic N) is 2. The SMILES string of the molecule is Cc1cc(Cl)ccc1N(CC(=O)N(Cc1ccc(Cl)cc1Cl)[C@H](Cc1ccccc1)C(=O)NC(C)(C)C)S(C)(=O)=O. The van der Waals surface area contributed by atoms with E-state index in [1.807, 2.05) is 51.1 Å². The van der Waals surface area contributed by atoms with Gasteiger partial charge < -0.3 is 10.2 Å². The minimum atomic E-state index is -3.90. The summed E-state index contributed by atoms with van der Waals surface area (Å²) in [6.45, 7) is 6.66. The molecule has 11 heteroatoms. The van der Waals surface area contributed by atoms with E-state index in [-0.39, 0.29) is 18.9 Å². The number of nitrogens with one attached hydrogen (secondary N) is 1. The van der Waals surface area contributed by atoms with Crippen LogP contribution in [-0.2, 0) is 32.6 Å². The maximum atomic E-state index is 14.2. The third-order valence-corrected chi connectivity index (χ3v) is 8.18. The van der Waals surface area contributed by atoms with Gasteiger partial charge in [0.1, 0.15) is 12.6 Å². The van der Waals surface area contributed by atoms with Crippen LogP contribution in [-0.4, -0.2) is 49.5 Å². The van der Waals surface area contributed by atoms with Crippen molar-refractivity contribution in [2.75, 3.05) is 17.1 Å². The summed E-state index contributed by atoms with van der Waals surface area (Å²) in [5.41, 5.74) is 1.69. The molecule has 0 fully saturated rings. The van der Waals surface area contributed by atoms with E-state index in [9.17, 15) is 18.0 Å². The van der Waals surface area contributed by atoms with E-state index in [0.717, 1.165) is 16.1 Å². The molecule has 7 nitrogen and oxygen atoms in total. The first kappa shape index (κ1) is 32.7. The van der Waals surface area contributed by atoms with Crippen molar-refractivity contribution in [3.05, 3.63) is 98.5 Å². The molecular formula is C30H34Cl3N3O4S. The quantitative estimate of drug-likeness (QED) is 0.283. The van der Waals surface area contributed by atoms with Crippen LogP contribution in [0.4, 0.5) is 5.69 Å². The Balaban J connectivity index is 2.12. The minimum absolute atomic E-state index is 0.0545. The molecule has 0 bridgehead atoms. The smallest absolute Gasteiger partial charge is 0.244 e. The largest absolute Gasteiger partial charge is 0.350 e. The topological polar surface area (TPSA) is 86.8 Å². The van der Waals surface area contributed by atoms with Gasteiger partial charge in [0.15, 0.2) is 0 Å². The summed E-state index contributed by atoms with van der Waals surface area (Å²) in [5, 5.41) is 4.16. The van der Waals surface area contributed by atoms with Crippen LogP contribution in [0.25, 0.3) is 0 Å². The Hall–Kier alpha value is -2.78. The van der Waals surface area contributed by atoms with Crippen LogP contribution >= 0.6 is 34.8 Å². The van der Waals surface area contributed by atoms with Crippen molar-refractivity contribution in [2.45, 2.75) is 52.2 Å². The molecule has 0 aliphatic rings. The predicted octanol–water partition coefficient (Wildman–Crippen LogP) is 6.28. The number of carbonyl (C=O) groups excluding carboxylic acids is 2. The summed E-state index contributed by atoms with van der Waals surface area (Å²) in [6, 6.07) is 18.0. The van der Waals surface area contributed by atoms with Gasteiger partial charge in [-0.25, -0.2) is 8.42 Å². The van der Waals surface area contributed by atoms with Crippen LogP contribution in [0.5, 0.6) is 0 Å². The lowest BCUT2D eigenvalue weighted by atomic mass is 10.0. The van der Waals surface area contributed by atoms with Crippen LogP contribution in [0.15, 0.2) is 66.7 Å². The number of amides is 2. The summed E-state index contributed by atoms with van der Waals surface area (Å²) >= 11 is 18.7. The number of aryl methyl sites for hydroxylation is 1. The fraction of sp³-hybridized carbons (Fsp3) is 0.333. The number of hydrogen-bond donors (Lipinski definition) is 1. The van der Waals surface area contributed by atoms with E-state index in [0.29, 0.717) is 31.9 Å². The molecule has 3 aromatic carbocycles. The first-order valence-corrected chi connectivity index (χ1v) is 15.9. The second-order valence-corrected chi connectivity index (χ2v) is 14.1. The van der Waals surface area contributed by atoms with E-state index in [1.54, 1.807) is 43.3 Å². The average Bonchev–Trinajstić information content (AvgIpc) is 2.85. The zero-order valence-electron chi connectivity index (χ0n) is 23.6. The number of carbonyl (C=O) groups is 2. The molecule has 3 aromatic rings. The second-order valence-electron chi connectivity index (χ2n) is 10.9. The van der Waals surface area contributed by atoms with Crippen molar-refractivity contribution >= 4 is 62.3 Å². The molecule has 0 aliphatic carbocycles. The summed E-state index contributed by atoms with van der Waals surface area (Å²) < 4.78 is 27.0. The van der Waals surface area contributed by atoms with Crippen molar-refractivity contribution in [3.8, 4) is 0 Å². The van der Waals surface area contributed by atoms with Crippen LogP contribution in [0.1, 0.15) is 37.5 Å². The van der Waals surface area contributed by atoms with E-state index in [2.05, 4.69) is 5.32 Å². The highest BCUT2D eigenvalue weighted by Crippen LogP contribution is 2.28. The van der Waals surface area contributed by atoms with Crippen LogP contribution in [0.3, 0.4) is 0 Å². The van der Waals surface area contributed by atoms with Gasteiger partial charge >= 0.3 is 0 Å². The van der Waals surface area contributed by atoms with E-state index in [4.69, 9.17) is 34.8 Å². The van der Waals surface area contributed by atoms with E-state index >= 15 is 0 Å². The number of anilines is 1. The number of rotatable bonds is 10. The monoisotopic (exact) mass is 637 g/mol.